The Kier molecular flexibility index (Phi) is 4.31. The Morgan fingerprint density at radius 3 is 2.38 bits per heavy atom. The van der Waals surface area contributed by atoms with Crippen LogP contribution in [-0.4, -0.2) is 5.78 Å². The van der Waals surface area contributed by atoms with Gasteiger partial charge in [-0.05, 0) is 29.9 Å². The summed E-state index contributed by atoms with van der Waals surface area (Å²) in [7, 11) is 0. The maximum absolute atomic E-state index is 11.5. The highest BCUT2D eigenvalue weighted by molar-refractivity contribution is 5.95. The number of carbonyl (C=O) groups is 1. The summed E-state index contributed by atoms with van der Waals surface area (Å²) in [6, 6.07) is 9.59. The van der Waals surface area contributed by atoms with Gasteiger partial charge in [-0.1, -0.05) is 44.9 Å². The summed E-state index contributed by atoms with van der Waals surface area (Å²) in [5.41, 5.74) is 1.09. The zero-order valence-electron chi connectivity index (χ0n) is 10.2. The summed E-state index contributed by atoms with van der Waals surface area (Å²) in [6.45, 7) is 6.39. The Bertz CT molecular complexity index is 399. The fourth-order valence-electron chi connectivity index (χ4n) is 1.21. The average molecular weight is 214 g/mol. The van der Waals surface area contributed by atoms with Crippen LogP contribution in [0, 0.1) is 17.3 Å². The van der Waals surface area contributed by atoms with Gasteiger partial charge in [-0.3, -0.25) is 4.79 Å². The number of hydrogen-bond donors (Lipinski definition) is 0. The van der Waals surface area contributed by atoms with Gasteiger partial charge < -0.3 is 0 Å². The van der Waals surface area contributed by atoms with E-state index in [2.05, 4.69) is 32.6 Å². The molecule has 0 amide bonds. The molecule has 1 heteroatoms. The molecule has 0 aliphatic carbocycles. The topological polar surface area (TPSA) is 17.1 Å². The monoisotopic (exact) mass is 214 g/mol. The average Bonchev–Trinajstić information content (AvgIpc) is 2.24. The van der Waals surface area contributed by atoms with Crippen molar-refractivity contribution in [1.29, 1.82) is 0 Å². The number of carbonyl (C=O) groups excluding carboxylic acids is 1. The summed E-state index contributed by atoms with van der Waals surface area (Å²) in [5, 5.41) is 0. The molecule has 0 heterocycles. The molecule has 1 nitrogen and oxygen atoms in total. The van der Waals surface area contributed by atoms with E-state index < -0.39 is 0 Å². The normalized spacial score (nSPS) is 10.4. The molecular formula is C15H18O. The van der Waals surface area contributed by atoms with Crippen LogP contribution in [0.1, 0.15) is 39.2 Å². The van der Waals surface area contributed by atoms with E-state index in [-0.39, 0.29) is 11.2 Å². The molecule has 0 aliphatic heterocycles. The molecular weight excluding hydrogens is 196 g/mol. The van der Waals surface area contributed by atoms with Crippen molar-refractivity contribution >= 4 is 5.78 Å². The maximum atomic E-state index is 11.5. The summed E-state index contributed by atoms with van der Waals surface area (Å²) < 4.78 is 0. The molecule has 0 saturated carbocycles. The van der Waals surface area contributed by atoms with Crippen molar-refractivity contribution in [3.63, 3.8) is 0 Å². The number of benzene rings is 1. The molecule has 1 aromatic rings. The van der Waals surface area contributed by atoms with Gasteiger partial charge >= 0.3 is 0 Å². The molecule has 0 atom stereocenters. The molecule has 0 aliphatic rings. The van der Waals surface area contributed by atoms with E-state index in [0.717, 1.165) is 12.0 Å². The number of rotatable bonds is 2. The molecule has 0 N–H and O–H groups in total. The molecule has 0 radical (unpaired) electrons. The van der Waals surface area contributed by atoms with Gasteiger partial charge in [0.05, 0.1) is 0 Å². The molecule has 0 aromatic heterocycles. The minimum atomic E-state index is 0.0266. The summed E-state index contributed by atoms with van der Waals surface area (Å²) in [5.74, 6) is 5.59. The molecule has 0 saturated heterocycles. The first-order valence-electron chi connectivity index (χ1n) is 5.57. The second-order valence-corrected chi connectivity index (χ2v) is 5.10. The van der Waals surface area contributed by atoms with Crippen LogP contribution in [0.25, 0.3) is 0 Å². The first-order valence-corrected chi connectivity index (χ1v) is 5.57. The van der Waals surface area contributed by atoms with Gasteiger partial charge in [0.2, 0.25) is 5.78 Å². The van der Waals surface area contributed by atoms with Crippen molar-refractivity contribution < 1.29 is 4.79 Å². The zero-order valence-corrected chi connectivity index (χ0v) is 10.2. The van der Waals surface area contributed by atoms with Gasteiger partial charge in [-0.15, -0.1) is 0 Å². The van der Waals surface area contributed by atoms with Gasteiger partial charge in [0.1, 0.15) is 0 Å². The van der Waals surface area contributed by atoms with E-state index in [0.29, 0.717) is 6.42 Å². The fraction of sp³-hybridized carbons (Fsp3) is 0.400. The lowest BCUT2D eigenvalue weighted by Gasteiger charge is -2.15. The molecule has 0 spiro atoms. The lowest BCUT2D eigenvalue weighted by atomic mass is 9.90. The minimum absolute atomic E-state index is 0.0266. The Morgan fingerprint density at radius 2 is 1.81 bits per heavy atom. The van der Waals surface area contributed by atoms with Crippen molar-refractivity contribution in [3.05, 3.63) is 35.9 Å². The number of Topliss-reactive ketones (excluding diaryl/α,β-unsaturated/α-hetero) is 1. The first kappa shape index (κ1) is 12.5. The SMILES string of the molecule is CC(C)(C)CCC(=O)C#Cc1ccccc1. The van der Waals surface area contributed by atoms with E-state index in [1.54, 1.807) is 0 Å². The van der Waals surface area contributed by atoms with Crippen LogP contribution >= 0.6 is 0 Å². The molecule has 16 heavy (non-hydrogen) atoms. The molecule has 0 unspecified atom stereocenters. The van der Waals surface area contributed by atoms with Gasteiger partial charge in [0.25, 0.3) is 0 Å². The number of hydrogen-bond acceptors (Lipinski definition) is 1. The zero-order chi connectivity index (χ0) is 12.0. The van der Waals surface area contributed by atoms with Crippen LogP contribution in [0.3, 0.4) is 0 Å². The number of ketones is 1. The van der Waals surface area contributed by atoms with E-state index in [1.807, 2.05) is 30.3 Å². The van der Waals surface area contributed by atoms with Crippen LogP contribution in [0.15, 0.2) is 30.3 Å². The van der Waals surface area contributed by atoms with E-state index in [9.17, 15) is 4.79 Å². The minimum Gasteiger partial charge on any atom is -0.285 e. The lowest BCUT2D eigenvalue weighted by molar-refractivity contribution is -0.114. The Hall–Kier alpha value is -1.55. The molecule has 1 aromatic carbocycles. The molecule has 1 rings (SSSR count). The van der Waals surface area contributed by atoms with Crippen LogP contribution in [0.5, 0.6) is 0 Å². The quantitative estimate of drug-likeness (QED) is 0.689. The second-order valence-electron chi connectivity index (χ2n) is 5.10. The third-order valence-electron chi connectivity index (χ3n) is 2.22. The second kappa shape index (κ2) is 5.51. The van der Waals surface area contributed by atoms with Crippen LogP contribution in [-0.2, 0) is 4.79 Å². The van der Waals surface area contributed by atoms with Gasteiger partial charge in [-0.2, -0.15) is 0 Å². The van der Waals surface area contributed by atoms with Crippen LogP contribution in [0.2, 0.25) is 0 Å². The predicted molar refractivity (Wildman–Crippen MR) is 67.0 cm³/mol. The highest BCUT2D eigenvalue weighted by atomic mass is 16.1. The van der Waals surface area contributed by atoms with Crippen molar-refractivity contribution in [2.24, 2.45) is 5.41 Å². The van der Waals surface area contributed by atoms with Crippen LogP contribution < -0.4 is 0 Å². The van der Waals surface area contributed by atoms with Gasteiger partial charge in [0.15, 0.2) is 0 Å². The van der Waals surface area contributed by atoms with Gasteiger partial charge in [0, 0.05) is 12.0 Å². The van der Waals surface area contributed by atoms with Crippen molar-refractivity contribution in [2.75, 3.05) is 0 Å². The first-order chi connectivity index (χ1) is 7.47. The van der Waals surface area contributed by atoms with Crippen molar-refractivity contribution in [2.45, 2.75) is 33.6 Å². The van der Waals surface area contributed by atoms with Crippen molar-refractivity contribution in [3.8, 4) is 11.8 Å². The Morgan fingerprint density at radius 1 is 1.19 bits per heavy atom. The van der Waals surface area contributed by atoms with Gasteiger partial charge in [-0.25, -0.2) is 0 Å². The maximum Gasteiger partial charge on any atom is 0.205 e. The Labute approximate surface area is 97.9 Å². The highest BCUT2D eigenvalue weighted by Gasteiger charge is 2.11. The summed E-state index contributed by atoms with van der Waals surface area (Å²) in [6.07, 6.45) is 1.43. The summed E-state index contributed by atoms with van der Waals surface area (Å²) in [4.78, 5) is 11.5. The Balaban J connectivity index is 2.50. The van der Waals surface area contributed by atoms with E-state index >= 15 is 0 Å². The molecule has 0 fully saturated rings. The fourth-order valence-corrected chi connectivity index (χ4v) is 1.21. The van der Waals surface area contributed by atoms with Crippen LogP contribution in [0.4, 0.5) is 0 Å². The molecule has 84 valence electrons. The largest absolute Gasteiger partial charge is 0.285 e. The standard InChI is InChI=1S/C15H18O/c1-15(2,3)12-11-14(16)10-9-13-7-5-4-6-8-13/h4-8H,11-12H2,1-3H3. The van der Waals surface area contributed by atoms with E-state index in [4.69, 9.17) is 0 Å². The third-order valence-corrected chi connectivity index (χ3v) is 2.22. The van der Waals surface area contributed by atoms with E-state index in [1.165, 1.54) is 0 Å². The highest BCUT2D eigenvalue weighted by Crippen LogP contribution is 2.20. The predicted octanol–water partition coefficient (Wildman–Crippen LogP) is 3.43. The summed E-state index contributed by atoms with van der Waals surface area (Å²) >= 11 is 0. The smallest absolute Gasteiger partial charge is 0.205 e. The lowest BCUT2D eigenvalue weighted by Crippen LogP contribution is -2.07. The third kappa shape index (κ3) is 5.36. The molecule has 0 bridgehead atoms. The van der Waals surface area contributed by atoms with Crippen molar-refractivity contribution in [1.82, 2.24) is 0 Å².